The maximum Gasteiger partial charge on any atom is 0.220 e. The SMILES string of the molecule is CCCCC[C@H](C(=O)[O-])[C@H](C)CC(=O)NC1CCCCC1. The largest absolute Gasteiger partial charge is 0.550 e. The molecule has 1 N–H and O–H groups in total. The smallest absolute Gasteiger partial charge is 0.220 e. The van der Waals surface area contributed by atoms with E-state index in [1.807, 2.05) is 6.92 Å². The van der Waals surface area contributed by atoms with E-state index in [1.165, 1.54) is 19.3 Å². The summed E-state index contributed by atoms with van der Waals surface area (Å²) in [6.07, 6.45) is 9.63. The number of unbranched alkanes of at least 4 members (excludes halogenated alkanes) is 2. The van der Waals surface area contributed by atoms with Crippen LogP contribution in [0.3, 0.4) is 0 Å². The van der Waals surface area contributed by atoms with Crippen LogP contribution >= 0.6 is 0 Å². The number of rotatable bonds is 9. The van der Waals surface area contributed by atoms with E-state index in [2.05, 4.69) is 12.2 Å². The van der Waals surface area contributed by atoms with Crippen LogP contribution in [-0.4, -0.2) is 17.9 Å². The Balaban J connectivity index is 2.37. The van der Waals surface area contributed by atoms with Gasteiger partial charge in [0.15, 0.2) is 0 Å². The van der Waals surface area contributed by atoms with Gasteiger partial charge in [0, 0.05) is 24.3 Å². The van der Waals surface area contributed by atoms with Crippen LogP contribution in [0, 0.1) is 11.8 Å². The van der Waals surface area contributed by atoms with Crippen LogP contribution in [0.4, 0.5) is 0 Å². The van der Waals surface area contributed by atoms with Crippen molar-refractivity contribution in [2.75, 3.05) is 0 Å². The summed E-state index contributed by atoms with van der Waals surface area (Å²) in [6.45, 7) is 3.95. The Kier molecular flexibility index (Phi) is 8.40. The first-order chi connectivity index (χ1) is 10.0. The molecule has 4 heteroatoms. The van der Waals surface area contributed by atoms with Gasteiger partial charge < -0.3 is 15.2 Å². The van der Waals surface area contributed by atoms with Crippen molar-refractivity contribution in [3.63, 3.8) is 0 Å². The highest BCUT2D eigenvalue weighted by atomic mass is 16.4. The fourth-order valence-corrected chi connectivity index (χ4v) is 3.22. The van der Waals surface area contributed by atoms with Gasteiger partial charge in [-0.05, 0) is 25.2 Å². The molecule has 0 spiro atoms. The van der Waals surface area contributed by atoms with Crippen LogP contribution in [0.2, 0.25) is 0 Å². The van der Waals surface area contributed by atoms with Crippen molar-refractivity contribution in [3.8, 4) is 0 Å². The molecule has 0 unspecified atom stereocenters. The fraction of sp³-hybridized carbons (Fsp3) is 0.882. The molecule has 4 nitrogen and oxygen atoms in total. The molecule has 1 amide bonds. The first-order valence-corrected chi connectivity index (χ1v) is 8.54. The lowest BCUT2D eigenvalue weighted by molar-refractivity contribution is -0.313. The van der Waals surface area contributed by atoms with Crippen molar-refractivity contribution in [2.24, 2.45) is 11.8 Å². The standard InChI is InChI=1S/C17H31NO3/c1-3-4-6-11-15(17(20)21)13(2)12-16(19)18-14-9-7-5-8-10-14/h13-15H,3-12H2,1-2H3,(H,18,19)(H,20,21)/p-1/t13-,15+/m1/s1. The van der Waals surface area contributed by atoms with Crippen LogP contribution in [0.5, 0.6) is 0 Å². The summed E-state index contributed by atoms with van der Waals surface area (Å²) in [7, 11) is 0. The van der Waals surface area contributed by atoms with Gasteiger partial charge in [0.25, 0.3) is 0 Å². The number of carbonyl (C=O) groups is 2. The molecule has 122 valence electrons. The number of hydrogen-bond donors (Lipinski definition) is 1. The van der Waals surface area contributed by atoms with Gasteiger partial charge in [-0.3, -0.25) is 4.79 Å². The Labute approximate surface area is 128 Å². The number of nitrogens with one attached hydrogen (secondary N) is 1. The summed E-state index contributed by atoms with van der Waals surface area (Å²) >= 11 is 0. The molecule has 1 rings (SSSR count). The molecule has 2 atom stereocenters. The van der Waals surface area contributed by atoms with Crippen molar-refractivity contribution in [1.82, 2.24) is 5.32 Å². The number of amides is 1. The molecule has 21 heavy (non-hydrogen) atoms. The molecule has 0 aromatic heterocycles. The van der Waals surface area contributed by atoms with E-state index < -0.39 is 11.9 Å². The van der Waals surface area contributed by atoms with Gasteiger partial charge in [-0.15, -0.1) is 0 Å². The minimum atomic E-state index is -1.01. The lowest BCUT2D eigenvalue weighted by Crippen LogP contribution is -2.40. The molecule has 1 aliphatic rings. The monoisotopic (exact) mass is 296 g/mol. The van der Waals surface area contributed by atoms with Crippen molar-refractivity contribution in [3.05, 3.63) is 0 Å². The Morgan fingerprint density at radius 2 is 1.86 bits per heavy atom. The van der Waals surface area contributed by atoms with E-state index in [0.29, 0.717) is 18.9 Å². The topological polar surface area (TPSA) is 69.2 Å². The lowest BCUT2D eigenvalue weighted by Gasteiger charge is -2.27. The van der Waals surface area contributed by atoms with E-state index in [-0.39, 0.29) is 11.8 Å². The second-order valence-corrected chi connectivity index (χ2v) is 6.51. The molecule has 1 aliphatic carbocycles. The third kappa shape index (κ3) is 6.96. The Morgan fingerprint density at radius 1 is 1.19 bits per heavy atom. The first-order valence-electron chi connectivity index (χ1n) is 8.54. The maximum absolute atomic E-state index is 12.1. The summed E-state index contributed by atoms with van der Waals surface area (Å²) in [6, 6.07) is 0.292. The second-order valence-electron chi connectivity index (χ2n) is 6.51. The zero-order valence-electron chi connectivity index (χ0n) is 13.5. The fourth-order valence-electron chi connectivity index (χ4n) is 3.22. The van der Waals surface area contributed by atoms with Crippen LogP contribution in [0.25, 0.3) is 0 Å². The molecule has 0 radical (unpaired) electrons. The van der Waals surface area contributed by atoms with Crippen LogP contribution in [0.1, 0.15) is 78.1 Å². The highest BCUT2D eigenvalue weighted by molar-refractivity contribution is 5.77. The zero-order chi connectivity index (χ0) is 15.7. The minimum absolute atomic E-state index is 0.00357. The lowest BCUT2D eigenvalue weighted by atomic mass is 9.86. The summed E-state index contributed by atoms with van der Waals surface area (Å²) in [5.41, 5.74) is 0. The number of carbonyl (C=O) groups excluding carboxylic acids is 2. The van der Waals surface area contributed by atoms with Gasteiger partial charge in [0.1, 0.15) is 0 Å². The first kappa shape index (κ1) is 18.0. The van der Waals surface area contributed by atoms with Gasteiger partial charge in [0.2, 0.25) is 5.91 Å². The van der Waals surface area contributed by atoms with Crippen molar-refractivity contribution < 1.29 is 14.7 Å². The van der Waals surface area contributed by atoms with Gasteiger partial charge in [-0.1, -0.05) is 52.4 Å². The van der Waals surface area contributed by atoms with E-state index in [1.54, 1.807) is 0 Å². The third-order valence-corrected chi connectivity index (χ3v) is 4.59. The Bertz CT molecular complexity index is 324. The normalized spacial score (nSPS) is 19.0. The van der Waals surface area contributed by atoms with E-state index in [9.17, 15) is 14.7 Å². The molecule has 1 saturated carbocycles. The molecule has 1 fully saturated rings. The molecule has 0 bridgehead atoms. The van der Waals surface area contributed by atoms with E-state index >= 15 is 0 Å². The summed E-state index contributed by atoms with van der Waals surface area (Å²) in [5, 5.41) is 14.3. The average Bonchev–Trinajstić information content (AvgIpc) is 2.44. The van der Waals surface area contributed by atoms with E-state index in [4.69, 9.17) is 0 Å². The molecule has 0 aromatic carbocycles. The number of aliphatic carboxylic acids is 1. The minimum Gasteiger partial charge on any atom is -0.550 e. The third-order valence-electron chi connectivity index (χ3n) is 4.59. The van der Waals surface area contributed by atoms with Gasteiger partial charge in [0.05, 0.1) is 0 Å². The molecule has 0 heterocycles. The Hall–Kier alpha value is -1.06. The molecular formula is C17H30NO3-. The molecule has 0 saturated heterocycles. The number of carboxylic acids is 1. The van der Waals surface area contributed by atoms with Crippen LogP contribution in [-0.2, 0) is 9.59 Å². The summed E-state index contributed by atoms with van der Waals surface area (Å²) < 4.78 is 0. The van der Waals surface area contributed by atoms with E-state index in [0.717, 1.165) is 32.1 Å². The van der Waals surface area contributed by atoms with Crippen LogP contribution < -0.4 is 10.4 Å². The highest BCUT2D eigenvalue weighted by Crippen LogP contribution is 2.23. The van der Waals surface area contributed by atoms with Crippen LogP contribution in [0.15, 0.2) is 0 Å². The average molecular weight is 296 g/mol. The Morgan fingerprint density at radius 3 is 2.43 bits per heavy atom. The second kappa shape index (κ2) is 9.80. The van der Waals surface area contributed by atoms with Crippen molar-refractivity contribution >= 4 is 11.9 Å². The predicted octanol–water partition coefficient (Wildman–Crippen LogP) is 2.41. The van der Waals surface area contributed by atoms with Gasteiger partial charge in [-0.25, -0.2) is 0 Å². The van der Waals surface area contributed by atoms with Crippen molar-refractivity contribution in [2.45, 2.75) is 84.1 Å². The maximum atomic E-state index is 12.1. The molecular weight excluding hydrogens is 266 g/mol. The number of hydrogen-bond acceptors (Lipinski definition) is 3. The zero-order valence-corrected chi connectivity index (χ0v) is 13.5. The number of carboxylic acid groups (broad SMARTS) is 1. The summed E-state index contributed by atoms with van der Waals surface area (Å²) in [5.74, 6) is -1.68. The highest BCUT2D eigenvalue weighted by Gasteiger charge is 2.22. The van der Waals surface area contributed by atoms with Crippen molar-refractivity contribution in [1.29, 1.82) is 0 Å². The molecule has 0 aromatic rings. The quantitative estimate of drug-likeness (QED) is 0.664. The van der Waals surface area contributed by atoms with Gasteiger partial charge in [-0.2, -0.15) is 0 Å². The predicted molar refractivity (Wildman–Crippen MR) is 81.4 cm³/mol. The summed E-state index contributed by atoms with van der Waals surface area (Å²) in [4.78, 5) is 23.3. The molecule has 0 aliphatic heterocycles. The van der Waals surface area contributed by atoms with Gasteiger partial charge >= 0.3 is 0 Å².